The van der Waals surface area contributed by atoms with E-state index in [2.05, 4.69) is 19.2 Å². The Bertz CT molecular complexity index is 539. The molecule has 1 saturated heterocycles. The number of hydrogen-bond acceptors (Lipinski definition) is 2. The van der Waals surface area contributed by atoms with Crippen molar-refractivity contribution in [3.05, 3.63) is 35.6 Å². The molecule has 1 aromatic carbocycles. The second kappa shape index (κ2) is 5.41. The van der Waals surface area contributed by atoms with Crippen molar-refractivity contribution in [2.45, 2.75) is 63.7 Å². The Labute approximate surface area is 125 Å². The van der Waals surface area contributed by atoms with Gasteiger partial charge in [-0.25, -0.2) is 4.39 Å². The Morgan fingerprint density at radius 2 is 2.14 bits per heavy atom. The lowest BCUT2D eigenvalue weighted by atomic mass is 9.97. The molecular formula is C17H23FN2O. The van der Waals surface area contributed by atoms with Gasteiger partial charge in [0.25, 0.3) is 0 Å². The van der Waals surface area contributed by atoms with E-state index in [1.807, 2.05) is 11.0 Å². The summed E-state index contributed by atoms with van der Waals surface area (Å²) in [5.41, 5.74) is 0.424. The lowest BCUT2D eigenvalue weighted by Crippen LogP contribution is -2.45. The van der Waals surface area contributed by atoms with E-state index in [0.29, 0.717) is 0 Å². The maximum atomic E-state index is 13.6. The number of halogens is 1. The summed E-state index contributed by atoms with van der Waals surface area (Å²) in [5, 5.41) is 3.53. The topological polar surface area (TPSA) is 32.3 Å². The number of hydrogen-bond donors (Lipinski definition) is 1. The van der Waals surface area contributed by atoms with Crippen molar-refractivity contribution < 1.29 is 9.18 Å². The Kier molecular flexibility index (Phi) is 3.74. The van der Waals surface area contributed by atoms with Gasteiger partial charge in [0, 0.05) is 6.04 Å². The molecule has 1 aliphatic heterocycles. The summed E-state index contributed by atoms with van der Waals surface area (Å²) >= 11 is 0. The summed E-state index contributed by atoms with van der Waals surface area (Å²) < 4.78 is 13.6. The molecule has 1 saturated carbocycles. The number of amides is 1. The predicted octanol–water partition coefficient (Wildman–Crippen LogP) is 3.37. The van der Waals surface area contributed by atoms with Gasteiger partial charge in [-0.05, 0) is 43.9 Å². The van der Waals surface area contributed by atoms with Crippen molar-refractivity contribution in [1.82, 2.24) is 10.2 Å². The third-order valence-electron chi connectivity index (χ3n) is 5.02. The first-order chi connectivity index (χ1) is 10.1. The number of rotatable bonds is 3. The minimum atomic E-state index is -0.416. The molecule has 2 aliphatic rings. The van der Waals surface area contributed by atoms with Crippen LogP contribution in [0.4, 0.5) is 4.39 Å². The molecule has 0 bridgehead atoms. The highest BCUT2D eigenvalue weighted by Gasteiger charge is 2.53. The molecule has 3 nitrogen and oxygen atoms in total. The van der Waals surface area contributed by atoms with Gasteiger partial charge in [0.15, 0.2) is 0 Å². The van der Waals surface area contributed by atoms with Crippen LogP contribution in [0.1, 0.15) is 57.7 Å². The van der Waals surface area contributed by atoms with E-state index in [-0.39, 0.29) is 23.9 Å². The third kappa shape index (κ3) is 2.35. The smallest absolute Gasteiger partial charge is 0.244 e. The Morgan fingerprint density at radius 3 is 2.76 bits per heavy atom. The molecule has 4 heteroatoms. The summed E-state index contributed by atoms with van der Waals surface area (Å²) in [7, 11) is 0. The quantitative estimate of drug-likeness (QED) is 0.925. The van der Waals surface area contributed by atoms with Crippen LogP contribution in [0.3, 0.4) is 0 Å². The summed E-state index contributed by atoms with van der Waals surface area (Å²) in [6, 6.07) is 6.74. The van der Waals surface area contributed by atoms with E-state index < -0.39 is 5.54 Å². The van der Waals surface area contributed by atoms with Crippen LogP contribution in [0.15, 0.2) is 24.3 Å². The van der Waals surface area contributed by atoms with Crippen LogP contribution in [0.2, 0.25) is 0 Å². The van der Waals surface area contributed by atoms with E-state index in [9.17, 15) is 9.18 Å². The number of nitrogens with zero attached hydrogens (tertiary/aromatic N) is 1. The van der Waals surface area contributed by atoms with Gasteiger partial charge >= 0.3 is 0 Å². The minimum Gasteiger partial charge on any atom is -0.319 e. The van der Waals surface area contributed by atoms with Crippen molar-refractivity contribution in [3.8, 4) is 0 Å². The third-order valence-corrected chi connectivity index (χ3v) is 5.02. The number of carbonyl (C=O) groups is 1. The molecule has 1 aliphatic carbocycles. The molecule has 0 radical (unpaired) electrons. The lowest BCUT2D eigenvalue weighted by Gasteiger charge is -2.30. The molecule has 2 atom stereocenters. The van der Waals surface area contributed by atoms with E-state index in [1.54, 1.807) is 6.07 Å². The fourth-order valence-corrected chi connectivity index (χ4v) is 3.67. The average Bonchev–Trinajstić information content (AvgIpc) is 3.06. The molecule has 2 unspecified atom stereocenters. The molecule has 114 valence electrons. The van der Waals surface area contributed by atoms with Gasteiger partial charge < -0.3 is 4.90 Å². The van der Waals surface area contributed by atoms with Gasteiger partial charge in [-0.15, -0.1) is 0 Å². The molecule has 1 spiro atoms. The Morgan fingerprint density at radius 1 is 1.43 bits per heavy atom. The second-order valence-electron chi connectivity index (χ2n) is 6.36. The van der Waals surface area contributed by atoms with Crippen LogP contribution in [-0.2, 0) is 4.79 Å². The van der Waals surface area contributed by atoms with Crippen molar-refractivity contribution in [3.63, 3.8) is 0 Å². The molecule has 0 aromatic heterocycles. The standard InChI is InChI=1S/C17H23FN2O/c1-3-12(2)20-15(13-7-6-8-14(18)11-13)19-17(16(20)21)9-4-5-10-17/h6-8,11-12,15,19H,3-5,9-10H2,1-2H3. The Balaban J connectivity index is 1.98. The second-order valence-corrected chi connectivity index (χ2v) is 6.36. The van der Waals surface area contributed by atoms with Gasteiger partial charge in [-0.1, -0.05) is 31.9 Å². The minimum absolute atomic E-state index is 0.151. The maximum Gasteiger partial charge on any atom is 0.244 e. The molecule has 2 fully saturated rings. The Hall–Kier alpha value is -1.42. The van der Waals surface area contributed by atoms with Crippen LogP contribution < -0.4 is 5.32 Å². The predicted molar refractivity (Wildman–Crippen MR) is 80.1 cm³/mol. The zero-order chi connectivity index (χ0) is 15.0. The van der Waals surface area contributed by atoms with E-state index in [4.69, 9.17) is 0 Å². The average molecular weight is 290 g/mol. The molecular weight excluding hydrogens is 267 g/mol. The van der Waals surface area contributed by atoms with Gasteiger partial charge in [-0.3, -0.25) is 10.1 Å². The zero-order valence-corrected chi connectivity index (χ0v) is 12.7. The largest absolute Gasteiger partial charge is 0.319 e. The van der Waals surface area contributed by atoms with Gasteiger partial charge in [0.1, 0.15) is 12.0 Å². The molecule has 3 rings (SSSR count). The van der Waals surface area contributed by atoms with Crippen LogP contribution >= 0.6 is 0 Å². The molecule has 1 heterocycles. The van der Waals surface area contributed by atoms with E-state index >= 15 is 0 Å². The van der Waals surface area contributed by atoms with Crippen molar-refractivity contribution in [1.29, 1.82) is 0 Å². The van der Waals surface area contributed by atoms with Crippen molar-refractivity contribution >= 4 is 5.91 Å². The van der Waals surface area contributed by atoms with E-state index in [1.165, 1.54) is 12.1 Å². The molecule has 21 heavy (non-hydrogen) atoms. The van der Waals surface area contributed by atoms with E-state index in [0.717, 1.165) is 37.7 Å². The fraction of sp³-hybridized carbons (Fsp3) is 0.588. The highest BCUT2D eigenvalue weighted by molar-refractivity contribution is 5.89. The zero-order valence-electron chi connectivity index (χ0n) is 12.7. The van der Waals surface area contributed by atoms with Gasteiger partial charge in [0.2, 0.25) is 5.91 Å². The molecule has 1 N–H and O–H groups in total. The maximum absolute atomic E-state index is 13.6. The highest BCUT2D eigenvalue weighted by atomic mass is 19.1. The summed E-state index contributed by atoms with van der Waals surface area (Å²) in [6.07, 6.45) is 4.65. The van der Waals surface area contributed by atoms with Gasteiger partial charge in [0.05, 0.1) is 5.54 Å². The van der Waals surface area contributed by atoms with Crippen molar-refractivity contribution in [2.24, 2.45) is 0 Å². The SMILES string of the molecule is CCC(C)N1C(=O)C2(CCCC2)NC1c1cccc(F)c1. The van der Waals surface area contributed by atoms with Crippen molar-refractivity contribution in [2.75, 3.05) is 0 Å². The molecule has 1 amide bonds. The van der Waals surface area contributed by atoms with Gasteiger partial charge in [-0.2, -0.15) is 0 Å². The normalized spacial score (nSPS) is 25.8. The summed E-state index contributed by atoms with van der Waals surface area (Å²) in [4.78, 5) is 14.9. The highest BCUT2D eigenvalue weighted by Crippen LogP contribution is 2.42. The molecule has 1 aromatic rings. The first-order valence-electron chi connectivity index (χ1n) is 7.93. The number of benzene rings is 1. The first kappa shape index (κ1) is 14.5. The lowest BCUT2D eigenvalue weighted by molar-refractivity contribution is -0.135. The first-order valence-corrected chi connectivity index (χ1v) is 7.93. The number of carbonyl (C=O) groups excluding carboxylic acids is 1. The summed E-state index contributed by atoms with van der Waals surface area (Å²) in [6.45, 7) is 4.15. The van der Waals surface area contributed by atoms with Crippen LogP contribution in [-0.4, -0.2) is 22.4 Å². The fourth-order valence-electron chi connectivity index (χ4n) is 3.67. The summed E-state index contributed by atoms with van der Waals surface area (Å²) in [5.74, 6) is -0.0539. The number of nitrogens with one attached hydrogen (secondary N) is 1. The monoisotopic (exact) mass is 290 g/mol. The van der Waals surface area contributed by atoms with Crippen LogP contribution in [0, 0.1) is 5.82 Å². The van der Waals surface area contributed by atoms with Crippen LogP contribution in [0.5, 0.6) is 0 Å². The van der Waals surface area contributed by atoms with Crippen LogP contribution in [0.25, 0.3) is 0 Å².